The molecule has 0 aliphatic heterocycles. The van der Waals surface area contributed by atoms with Crippen LogP contribution in [0.1, 0.15) is 15.9 Å². The molecule has 0 bridgehead atoms. The molecule has 0 heterocycles. The molecule has 4 nitrogen and oxygen atoms in total. The standard InChI is InChI=1S/C9H7NO3S/c1-13-9(12)6-2-5(14)3-8(11)7(6)4-10/h2-3,11,14H,1H3. The van der Waals surface area contributed by atoms with Gasteiger partial charge in [0, 0.05) is 4.90 Å². The highest BCUT2D eigenvalue weighted by Crippen LogP contribution is 2.25. The zero-order valence-corrected chi connectivity index (χ0v) is 8.21. The lowest BCUT2D eigenvalue weighted by atomic mass is 10.1. The molecule has 0 saturated heterocycles. The van der Waals surface area contributed by atoms with Crippen LogP contribution in [0, 0.1) is 11.3 Å². The van der Waals surface area contributed by atoms with Crippen molar-refractivity contribution in [3.8, 4) is 11.8 Å². The summed E-state index contributed by atoms with van der Waals surface area (Å²) in [5.41, 5.74) is -0.0883. The Morgan fingerprint density at radius 3 is 2.79 bits per heavy atom. The molecular formula is C9H7NO3S. The number of hydrogen-bond acceptors (Lipinski definition) is 5. The number of carbonyl (C=O) groups excluding carboxylic acids is 1. The Hall–Kier alpha value is -1.67. The minimum Gasteiger partial charge on any atom is -0.506 e. The molecule has 0 fully saturated rings. The Kier molecular flexibility index (Phi) is 2.99. The summed E-state index contributed by atoms with van der Waals surface area (Å²) in [5.74, 6) is -0.951. The van der Waals surface area contributed by atoms with E-state index in [9.17, 15) is 9.90 Å². The quantitative estimate of drug-likeness (QED) is 0.541. The first-order chi connectivity index (χ1) is 6.60. The zero-order valence-electron chi connectivity index (χ0n) is 7.31. The number of methoxy groups -OCH3 is 1. The molecule has 0 spiro atoms. The molecule has 0 amide bonds. The van der Waals surface area contributed by atoms with Crippen LogP contribution in [-0.2, 0) is 4.74 Å². The van der Waals surface area contributed by atoms with Gasteiger partial charge in [0.1, 0.15) is 17.4 Å². The molecule has 0 unspecified atom stereocenters. The van der Waals surface area contributed by atoms with Crippen LogP contribution >= 0.6 is 12.6 Å². The number of thiol groups is 1. The summed E-state index contributed by atoms with van der Waals surface area (Å²) >= 11 is 3.97. The number of rotatable bonds is 1. The van der Waals surface area contributed by atoms with Crippen LogP contribution in [0.2, 0.25) is 0 Å². The average molecular weight is 209 g/mol. The van der Waals surface area contributed by atoms with Crippen LogP contribution in [0.4, 0.5) is 0 Å². The molecule has 5 heteroatoms. The normalized spacial score (nSPS) is 9.21. The summed E-state index contributed by atoms with van der Waals surface area (Å²) < 4.78 is 4.45. The Labute approximate surface area is 86.1 Å². The van der Waals surface area contributed by atoms with Crippen molar-refractivity contribution in [3.05, 3.63) is 23.3 Å². The number of esters is 1. The van der Waals surface area contributed by atoms with E-state index in [2.05, 4.69) is 17.4 Å². The largest absolute Gasteiger partial charge is 0.506 e. The Morgan fingerprint density at radius 2 is 2.29 bits per heavy atom. The fraction of sp³-hybridized carbons (Fsp3) is 0.111. The monoisotopic (exact) mass is 209 g/mol. The fourth-order valence-corrected chi connectivity index (χ4v) is 1.25. The summed E-state index contributed by atoms with van der Waals surface area (Å²) in [6.45, 7) is 0. The van der Waals surface area contributed by atoms with Crippen LogP contribution < -0.4 is 0 Å². The van der Waals surface area contributed by atoms with Crippen LogP contribution in [0.15, 0.2) is 17.0 Å². The molecule has 0 aromatic heterocycles. The molecule has 1 N–H and O–H groups in total. The topological polar surface area (TPSA) is 70.3 Å². The number of nitriles is 1. The van der Waals surface area contributed by atoms with E-state index in [1.165, 1.54) is 19.2 Å². The van der Waals surface area contributed by atoms with E-state index in [0.29, 0.717) is 4.90 Å². The van der Waals surface area contributed by atoms with Crippen molar-refractivity contribution in [1.82, 2.24) is 0 Å². The van der Waals surface area contributed by atoms with E-state index >= 15 is 0 Å². The second-order valence-electron chi connectivity index (χ2n) is 2.49. The van der Waals surface area contributed by atoms with E-state index < -0.39 is 5.97 Å². The Morgan fingerprint density at radius 1 is 1.64 bits per heavy atom. The third-order valence-electron chi connectivity index (χ3n) is 1.62. The maximum Gasteiger partial charge on any atom is 0.339 e. The second kappa shape index (κ2) is 4.03. The summed E-state index contributed by atoms with van der Waals surface area (Å²) in [4.78, 5) is 11.6. The van der Waals surface area contributed by atoms with Crippen LogP contribution in [-0.4, -0.2) is 18.2 Å². The van der Waals surface area contributed by atoms with Crippen molar-refractivity contribution < 1.29 is 14.6 Å². The molecule has 0 aliphatic rings. The van der Waals surface area contributed by atoms with Crippen LogP contribution in [0.5, 0.6) is 5.75 Å². The van der Waals surface area contributed by atoms with E-state index in [4.69, 9.17) is 5.26 Å². The SMILES string of the molecule is COC(=O)c1cc(S)cc(O)c1C#N. The van der Waals surface area contributed by atoms with E-state index in [-0.39, 0.29) is 16.9 Å². The highest BCUT2D eigenvalue weighted by atomic mass is 32.1. The van der Waals surface area contributed by atoms with E-state index in [1.807, 2.05) is 0 Å². The van der Waals surface area contributed by atoms with Gasteiger partial charge in [-0.3, -0.25) is 0 Å². The van der Waals surface area contributed by atoms with Crippen LogP contribution in [0.25, 0.3) is 0 Å². The summed E-state index contributed by atoms with van der Waals surface area (Å²) in [6.07, 6.45) is 0. The van der Waals surface area contributed by atoms with Gasteiger partial charge in [0.2, 0.25) is 0 Å². The van der Waals surface area contributed by atoms with Gasteiger partial charge in [-0.05, 0) is 12.1 Å². The maximum atomic E-state index is 11.2. The number of aromatic hydroxyl groups is 1. The summed E-state index contributed by atoms with van der Waals surface area (Å²) in [5, 5.41) is 18.0. The number of benzene rings is 1. The molecule has 0 saturated carbocycles. The second-order valence-corrected chi connectivity index (χ2v) is 3.01. The summed E-state index contributed by atoms with van der Waals surface area (Å²) in [6, 6.07) is 4.38. The first-order valence-electron chi connectivity index (χ1n) is 3.64. The molecule has 1 aromatic rings. The Bertz CT molecular complexity index is 423. The number of carbonyl (C=O) groups is 1. The minimum atomic E-state index is -0.673. The number of ether oxygens (including phenoxy) is 1. The van der Waals surface area contributed by atoms with Crippen molar-refractivity contribution >= 4 is 18.6 Å². The number of nitrogens with zero attached hydrogens (tertiary/aromatic N) is 1. The number of phenols is 1. The molecule has 0 aliphatic carbocycles. The van der Waals surface area contributed by atoms with Crippen molar-refractivity contribution in [1.29, 1.82) is 5.26 Å². The van der Waals surface area contributed by atoms with E-state index in [0.717, 1.165) is 0 Å². The van der Waals surface area contributed by atoms with Gasteiger partial charge in [-0.15, -0.1) is 12.6 Å². The van der Waals surface area contributed by atoms with Gasteiger partial charge in [0.15, 0.2) is 0 Å². The van der Waals surface area contributed by atoms with E-state index in [1.54, 1.807) is 6.07 Å². The highest BCUT2D eigenvalue weighted by molar-refractivity contribution is 7.80. The lowest BCUT2D eigenvalue weighted by Gasteiger charge is -2.04. The van der Waals surface area contributed by atoms with Gasteiger partial charge in [-0.2, -0.15) is 5.26 Å². The van der Waals surface area contributed by atoms with Gasteiger partial charge in [-0.25, -0.2) is 4.79 Å². The van der Waals surface area contributed by atoms with Crippen LogP contribution in [0.3, 0.4) is 0 Å². The summed E-state index contributed by atoms with van der Waals surface area (Å²) in [7, 11) is 1.20. The van der Waals surface area contributed by atoms with Crippen molar-refractivity contribution in [2.45, 2.75) is 4.90 Å². The molecule has 0 radical (unpaired) electrons. The molecule has 1 rings (SSSR count). The maximum absolute atomic E-state index is 11.2. The molecular weight excluding hydrogens is 202 g/mol. The minimum absolute atomic E-state index is 0.0139. The van der Waals surface area contributed by atoms with Gasteiger partial charge >= 0.3 is 5.97 Å². The predicted molar refractivity (Wildman–Crippen MR) is 51.4 cm³/mol. The first-order valence-corrected chi connectivity index (χ1v) is 4.09. The first kappa shape index (κ1) is 10.4. The van der Waals surface area contributed by atoms with Gasteiger partial charge in [0.05, 0.1) is 12.7 Å². The third kappa shape index (κ3) is 1.80. The zero-order chi connectivity index (χ0) is 10.7. The molecule has 0 atom stereocenters. The third-order valence-corrected chi connectivity index (χ3v) is 1.88. The van der Waals surface area contributed by atoms with Crippen molar-refractivity contribution in [2.24, 2.45) is 0 Å². The van der Waals surface area contributed by atoms with Gasteiger partial charge in [0.25, 0.3) is 0 Å². The Balaban J connectivity index is 3.41. The average Bonchev–Trinajstić information content (AvgIpc) is 2.15. The fourth-order valence-electron chi connectivity index (χ4n) is 1.00. The van der Waals surface area contributed by atoms with Gasteiger partial charge in [-0.1, -0.05) is 0 Å². The van der Waals surface area contributed by atoms with Gasteiger partial charge < -0.3 is 9.84 Å². The molecule has 14 heavy (non-hydrogen) atoms. The number of phenolic OH excluding ortho intramolecular Hbond substituents is 1. The molecule has 1 aromatic carbocycles. The number of hydrogen-bond donors (Lipinski definition) is 2. The lowest BCUT2D eigenvalue weighted by molar-refractivity contribution is 0.0599. The molecule has 72 valence electrons. The van der Waals surface area contributed by atoms with Crippen molar-refractivity contribution in [3.63, 3.8) is 0 Å². The smallest absolute Gasteiger partial charge is 0.339 e. The highest BCUT2D eigenvalue weighted by Gasteiger charge is 2.16. The van der Waals surface area contributed by atoms with Crippen molar-refractivity contribution in [2.75, 3.05) is 7.11 Å². The lowest BCUT2D eigenvalue weighted by Crippen LogP contribution is -2.04. The predicted octanol–water partition coefficient (Wildman–Crippen LogP) is 1.34.